The van der Waals surface area contributed by atoms with Crippen LogP contribution in [0.25, 0.3) is 0 Å². The quantitative estimate of drug-likeness (QED) is 0.0363. The molecule has 0 bridgehead atoms. The highest BCUT2D eigenvalue weighted by molar-refractivity contribution is 5.76. The van der Waals surface area contributed by atoms with E-state index < -0.39 is 18.2 Å². The molecule has 0 saturated heterocycles. The Kier molecular flexibility index (Phi) is 49.5. The number of allylic oxidation sites excluding steroid dienone is 3. The van der Waals surface area contributed by atoms with Crippen molar-refractivity contribution < 1.29 is 20.1 Å². The van der Waals surface area contributed by atoms with Gasteiger partial charge in [-0.3, -0.25) is 4.79 Å². The van der Waals surface area contributed by atoms with Crippen LogP contribution in [0.3, 0.4) is 0 Å². The van der Waals surface area contributed by atoms with E-state index >= 15 is 0 Å². The summed E-state index contributed by atoms with van der Waals surface area (Å²) in [6.07, 6.45) is 63.6. The number of amides is 1. The fourth-order valence-electron chi connectivity index (χ4n) is 8.59. The summed E-state index contributed by atoms with van der Waals surface area (Å²) in [6, 6.07) is -0.759. The van der Waals surface area contributed by atoms with E-state index in [1.165, 1.54) is 238 Å². The zero-order valence-corrected chi connectivity index (χ0v) is 40.6. The van der Waals surface area contributed by atoms with Crippen molar-refractivity contribution in [1.29, 1.82) is 0 Å². The summed E-state index contributed by atoms with van der Waals surface area (Å²) in [5.41, 5.74) is 0. The second-order valence-corrected chi connectivity index (χ2v) is 18.8. The van der Waals surface area contributed by atoms with Gasteiger partial charge in [0.1, 0.15) is 0 Å². The van der Waals surface area contributed by atoms with Crippen LogP contribution < -0.4 is 5.32 Å². The fourth-order valence-corrected chi connectivity index (χ4v) is 8.59. The third kappa shape index (κ3) is 46.3. The van der Waals surface area contributed by atoms with Crippen molar-refractivity contribution in [2.24, 2.45) is 0 Å². The van der Waals surface area contributed by atoms with Gasteiger partial charge in [0, 0.05) is 0 Å². The van der Waals surface area contributed by atoms with Crippen LogP contribution in [0, 0.1) is 0 Å². The highest BCUT2D eigenvalue weighted by atomic mass is 16.3. The summed E-state index contributed by atoms with van der Waals surface area (Å²) in [5.74, 6) is -0.319. The maximum absolute atomic E-state index is 12.5. The van der Waals surface area contributed by atoms with Crippen LogP contribution in [0.5, 0.6) is 0 Å². The van der Waals surface area contributed by atoms with E-state index in [1.807, 2.05) is 6.08 Å². The molecule has 0 aromatic carbocycles. The van der Waals surface area contributed by atoms with Crippen molar-refractivity contribution in [1.82, 2.24) is 5.32 Å². The molecule has 5 nitrogen and oxygen atoms in total. The average Bonchev–Trinajstić information content (AvgIpc) is 3.24. The summed E-state index contributed by atoms with van der Waals surface area (Å²) < 4.78 is 0. The first-order valence-corrected chi connectivity index (χ1v) is 27.1. The van der Waals surface area contributed by atoms with E-state index in [1.54, 1.807) is 6.08 Å². The molecule has 0 aliphatic rings. The number of rotatable bonds is 50. The van der Waals surface area contributed by atoms with Crippen LogP contribution in [0.4, 0.5) is 0 Å². The molecule has 0 fully saturated rings. The molecule has 0 aliphatic carbocycles. The Morgan fingerprint density at radius 3 is 1.07 bits per heavy atom. The van der Waals surface area contributed by atoms with Crippen molar-refractivity contribution in [3.8, 4) is 0 Å². The largest absolute Gasteiger partial charge is 0.394 e. The molecule has 4 N–H and O–H groups in total. The van der Waals surface area contributed by atoms with Crippen LogP contribution in [0.2, 0.25) is 0 Å². The zero-order valence-electron chi connectivity index (χ0n) is 40.6. The van der Waals surface area contributed by atoms with Gasteiger partial charge in [-0.15, -0.1) is 0 Å². The third-order valence-electron chi connectivity index (χ3n) is 12.7. The van der Waals surface area contributed by atoms with E-state index in [4.69, 9.17) is 0 Å². The Labute approximate surface area is 375 Å². The van der Waals surface area contributed by atoms with E-state index in [0.717, 1.165) is 32.1 Å². The molecule has 0 rings (SSSR count). The standard InChI is InChI=1S/C55H107NO4/c1-3-5-7-9-11-13-15-17-19-21-23-25-27-28-30-32-34-36-38-40-42-44-46-48-52(58)50-55(60)56-53(51-57)54(59)49-47-45-43-41-39-37-35-33-31-29-26-24-22-20-18-16-14-12-10-8-6-4-2/h39,41,47,49,52-54,57-59H,3-38,40,42-46,48,50-51H2,1-2H3,(H,56,60)/b41-39+,49-47+. The lowest BCUT2D eigenvalue weighted by atomic mass is 10.0. The average molecular weight is 846 g/mol. The number of carbonyl (C=O) groups excluding carboxylic acids is 1. The summed E-state index contributed by atoms with van der Waals surface area (Å²) in [6.45, 7) is 4.24. The van der Waals surface area contributed by atoms with Crippen LogP contribution >= 0.6 is 0 Å². The predicted octanol–water partition coefficient (Wildman–Crippen LogP) is 16.5. The monoisotopic (exact) mass is 846 g/mol. The molecule has 0 aliphatic heterocycles. The predicted molar refractivity (Wildman–Crippen MR) is 264 cm³/mol. The first-order valence-electron chi connectivity index (χ1n) is 27.1. The van der Waals surface area contributed by atoms with Crippen molar-refractivity contribution >= 4 is 5.91 Å². The molecule has 0 saturated carbocycles. The highest BCUT2D eigenvalue weighted by Crippen LogP contribution is 2.17. The smallest absolute Gasteiger partial charge is 0.222 e. The Morgan fingerprint density at radius 2 is 0.717 bits per heavy atom. The van der Waals surface area contributed by atoms with Crippen molar-refractivity contribution in [2.75, 3.05) is 6.61 Å². The molecular formula is C55H107NO4. The van der Waals surface area contributed by atoms with Gasteiger partial charge in [0.25, 0.3) is 0 Å². The van der Waals surface area contributed by atoms with Gasteiger partial charge in [-0.1, -0.05) is 282 Å². The molecule has 0 aromatic heterocycles. The van der Waals surface area contributed by atoms with Crippen molar-refractivity contribution in [2.45, 2.75) is 315 Å². The first-order chi connectivity index (χ1) is 29.5. The minimum Gasteiger partial charge on any atom is -0.394 e. The number of aliphatic hydroxyl groups excluding tert-OH is 3. The van der Waals surface area contributed by atoms with E-state index in [9.17, 15) is 20.1 Å². The molecule has 0 heterocycles. The van der Waals surface area contributed by atoms with Gasteiger partial charge >= 0.3 is 0 Å². The molecular weight excluding hydrogens is 739 g/mol. The van der Waals surface area contributed by atoms with Gasteiger partial charge < -0.3 is 20.6 Å². The van der Waals surface area contributed by atoms with Gasteiger partial charge in [-0.25, -0.2) is 0 Å². The third-order valence-corrected chi connectivity index (χ3v) is 12.7. The van der Waals surface area contributed by atoms with Gasteiger partial charge in [-0.2, -0.15) is 0 Å². The highest BCUT2D eigenvalue weighted by Gasteiger charge is 2.20. The molecule has 0 spiro atoms. The molecule has 1 amide bonds. The Bertz CT molecular complexity index is 890. The van der Waals surface area contributed by atoms with Gasteiger partial charge in [0.05, 0.1) is 31.3 Å². The first kappa shape index (κ1) is 58.8. The molecule has 3 unspecified atom stereocenters. The number of hydrogen-bond donors (Lipinski definition) is 4. The Morgan fingerprint density at radius 1 is 0.417 bits per heavy atom. The fraction of sp³-hybridized carbons (Fsp3) is 0.909. The van der Waals surface area contributed by atoms with Crippen LogP contribution in [0.15, 0.2) is 24.3 Å². The number of hydrogen-bond acceptors (Lipinski definition) is 4. The summed E-state index contributed by atoms with van der Waals surface area (Å²) >= 11 is 0. The van der Waals surface area contributed by atoms with Crippen molar-refractivity contribution in [3.05, 3.63) is 24.3 Å². The van der Waals surface area contributed by atoms with Crippen LogP contribution in [0.1, 0.15) is 296 Å². The number of aliphatic hydroxyl groups is 3. The number of nitrogens with one attached hydrogen (secondary N) is 1. The van der Waals surface area contributed by atoms with E-state index in [2.05, 4.69) is 31.3 Å². The second kappa shape index (κ2) is 50.5. The lowest BCUT2D eigenvalue weighted by Gasteiger charge is -2.21. The zero-order chi connectivity index (χ0) is 43.7. The minimum atomic E-state index is -0.950. The SMILES string of the molecule is CCCCCCCCCCCCCCCCCC/C=C/CC/C=C/C(O)C(CO)NC(=O)CC(O)CCCCCCCCCCCCCCCCCCCCCCCCC. The molecule has 5 heteroatoms. The number of carbonyl (C=O) groups is 1. The van der Waals surface area contributed by atoms with Gasteiger partial charge in [0.2, 0.25) is 5.91 Å². The van der Waals surface area contributed by atoms with E-state index in [0.29, 0.717) is 6.42 Å². The van der Waals surface area contributed by atoms with Crippen LogP contribution in [-0.2, 0) is 4.79 Å². The summed E-state index contributed by atoms with van der Waals surface area (Å²) in [5, 5.41) is 33.4. The van der Waals surface area contributed by atoms with Gasteiger partial charge in [0.15, 0.2) is 0 Å². The molecule has 0 radical (unpaired) electrons. The Hall–Kier alpha value is -1.17. The summed E-state index contributed by atoms with van der Waals surface area (Å²) in [4.78, 5) is 12.5. The topological polar surface area (TPSA) is 89.8 Å². The van der Waals surface area contributed by atoms with Crippen LogP contribution in [-0.4, -0.2) is 46.1 Å². The summed E-state index contributed by atoms with van der Waals surface area (Å²) in [7, 11) is 0. The lowest BCUT2D eigenvalue weighted by molar-refractivity contribution is -0.124. The maximum atomic E-state index is 12.5. The Balaban J connectivity index is 3.59. The molecule has 3 atom stereocenters. The minimum absolute atomic E-state index is 0.0104. The van der Waals surface area contributed by atoms with Crippen molar-refractivity contribution in [3.63, 3.8) is 0 Å². The normalized spacial score (nSPS) is 13.5. The second-order valence-electron chi connectivity index (χ2n) is 18.8. The molecule has 356 valence electrons. The van der Waals surface area contributed by atoms with E-state index in [-0.39, 0.29) is 18.9 Å². The molecule has 60 heavy (non-hydrogen) atoms. The number of unbranched alkanes of at least 4 members (excludes halogenated alkanes) is 39. The van der Waals surface area contributed by atoms with Gasteiger partial charge in [-0.05, 0) is 32.1 Å². The maximum Gasteiger partial charge on any atom is 0.222 e. The lowest BCUT2D eigenvalue weighted by Crippen LogP contribution is -2.45. The molecule has 0 aromatic rings.